The van der Waals surface area contributed by atoms with Crippen molar-refractivity contribution < 1.29 is 10.2 Å². The molecule has 0 aliphatic heterocycles. The van der Waals surface area contributed by atoms with Crippen LogP contribution in [0.4, 0.5) is 0 Å². The highest BCUT2D eigenvalue weighted by Crippen LogP contribution is 2.16. The Balaban J connectivity index is 1.89. The normalized spacial score (nSPS) is 11.5. The molecular weight excluding hydrogens is 276 g/mol. The van der Waals surface area contributed by atoms with E-state index in [9.17, 15) is 10.2 Å². The standard InChI is InChI=1S/C18H20N2O2/c1-13-3-5-17(21)15(9-13)11-19-7-8-20-12-16-10-14(2)4-6-18(16)22/h3-6,9-12,21-22H,7-8H2,1-2H3/b19-11+,20-12+. The van der Waals surface area contributed by atoms with Gasteiger partial charge in [0.2, 0.25) is 0 Å². The zero-order chi connectivity index (χ0) is 15.9. The molecule has 0 amide bonds. The SMILES string of the molecule is Cc1ccc(O)c(/C=N/CC/N=C/c2cc(C)ccc2O)c1. The Bertz CT molecular complexity index is 645. The maximum absolute atomic E-state index is 9.69. The average molecular weight is 296 g/mol. The predicted octanol–water partition coefficient (Wildman–Crippen LogP) is 3.25. The quantitative estimate of drug-likeness (QED) is 0.657. The van der Waals surface area contributed by atoms with E-state index in [2.05, 4.69) is 9.98 Å². The van der Waals surface area contributed by atoms with E-state index in [0.29, 0.717) is 24.2 Å². The van der Waals surface area contributed by atoms with Gasteiger partial charge in [0, 0.05) is 23.6 Å². The summed E-state index contributed by atoms with van der Waals surface area (Å²) in [4.78, 5) is 8.51. The molecule has 0 bridgehead atoms. The van der Waals surface area contributed by atoms with Gasteiger partial charge in [0.1, 0.15) is 11.5 Å². The van der Waals surface area contributed by atoms with Crippen LogP contribution in [-0.2, 0) is 0 Å². The number of aromatic hydroxyl groups is 2. The second kappa shape index (κ2) is 7.41. The Hall–Kier alpha value is -2.62. The molecule has 0 unspecified atom stereocenters. The van der Waals surface area contributed by atoms with Crippen LogP contribution in [0.1, 0.15) is 22.3 Å². The molecule has 2 rings (SSSR count). The predicted molar refractivity (Wildman–Crippen MR) is 90.6 cm³/mol. The van der Waals surface area contributed by atoms with Gasteiger partial charge >= 0.3 is 0 Å². The van der Waals surface area contributed by atoms with Gasteiger partial charge in [-0.3, -0.25) is 9.98 Å². The molecule has 0 aliphatic carbocycles. The van der Waals surface area contributed by atoms with E-state index in [-0.39, 0.29) is 11.5 Å². The molecule has 0 saturated heterocycles. The third kappa shape index (κ3) is 4.45. The maximum atomic E-state index is 9.69. The maximum Gasteiger partial charge on any atom is 0.124 e. The number of aryl methyl sites for hydroxylation is 2. The largest absolute Gasteiger partial charge is 0.507 e. The monoisotopic (exact) mass is 296 g/mol. The molecule has 0 fully saturated rings. The zero-order valence-electron chi connectivity index (χ0n) is 12.8. The van der Waals surface area contributed by atoms with Gasteiger partial charge < -0.3 is 10.2 Å². The van der Waals surface area contributed by atoms with Gasteiger partial charge in [-0.05, 0) is 38.1 Å². The number of benzene rings is 2. The second-order valence-electron chi connectivity index (χ2n) is 5.20. The molecule has 0 aliphatic rings. The number of aliphatic imine (C=N–C) groups is 2. The lowest BCUT2D eigenvalue weighted by molar-refractivity contribution is 0.473. The molecule has 0 atom stereocenters. The van der Waals surface area contributed by atoms with E-state index in [1.54, 1.807) is 24.6 Å². The molecule has 4 heteroatoms. The molecule has 2 aromatic rings. The van der Waals surface area contributed by atoms with Crippen molar-refractivity contribution in [2.75, 3.05) is 13.1 Å². The Labute approximate surface area is 130 Å². The van der Waals surface area contributed by atoms with Crippen molar-refractivity contribution in [1.82, 2.24) is 0 Å². The summed E-state index contributed by atoms with van der Waals surface area (Å²) in [5.74, 6) is 0.449. The summed E-state index contributed by atoms with van der Waals surface area (Å²) in [7, 11) is 0. The highest BCUT2D eigenvalue weighted by Gasteiger charge is 1.98. The third-order valence-electron chi connectivity index (χ3n) is 3.19. The third-order valence-corrected chi connectivity index (χ3v) is 3.19. The van der Waals surface area contributed by atoms with Gasteiger partial charge in [0.25, 0.3) is 0 Å². The first-order chi connectivity index (χ1) is 10.6. The lowest BCUT2D eigenvalue weighted by Gasteiger charge is -2.00. The van der Waals surface area contributed by atoms with Gasteiger partial charge in [-0.25, -0.2) is 0 Å². The Morgan fingerprint density at radius 2 is 1.18 bits per heavy atom. The van der Waals surface area contributed by atoms with Crippen molar-refractivity contribution in [1.29, 1.82) is 0 Å². The smallest absolute Gasteiger partial charge is 0.124 e. The zero-order valence-corrected chi connectivity index (χ0v) is 12.8. The fourth-order valence-electron chi connectivity index (χ4n) is 2.00. The Morgan fingerprint density at radius 1 is 0.773 bits per heavy atom. The minimum Gasteiger partial charge on any atom is -0.507 e. The van der Waals surface area contributed by atoms with Crippen molar-refractivity contribution in [3.63, 3.8) is 0 Å². The topological polar surface area (TPSA) is 65.2 Å². The summed E-state index contributed by atoms with van der Waals surface area (Å²) in [5.41, 5.74) is 3.57. The molecule has 4 nitrogen and oxygen atoms in total. The summed E-state index contributed by atoms with van der Waals surface area (Å²) in [6, 6.07) is 10.8. The molecular formula is C18H20N2O2. The van der Waals surface area contributed by atoms with Gasteiger partial charge in [-0.15, -0.1) is 0 Å². The van der Waals surface area contributed by atoms with Gasteiger partial charge in [-0.1, -0.05) is 23.3 Å². The minimum absolute atomic E-state index is 0.225. The number of phenolic OH excluding ortho intramolecular Hbond substituents is 2. The summed E-state index contributed by atoms with van der Waals surface area (Å²) in [5, 5.41) is 19.4. The van der Waals surface area contributed by atoms with E-state index in [4.69, 9.17) is 0 Å². The molecule has 0 radical (unpaired) electrons. The number of hydrogen-bond acceptors (Lipinski definition) is 4. The van der Waals surface area contributed by atoms with E-state index in [1.807, 2.05) is 38.1 Å². The average Bonchev–Trinajstić information content (AvgIpc) is 2.49. The van der Waals surface area contributed by atoms with E-state index in [0.717, 1.165) is 11.1 Å². The van der Waals surface area contributed by atoms with Crippen LogP contribution in [0.25, 0.3) is 0 Å². The summed E-state index contributed by atoms with van der Waals surface area (Å²) < 4.78 is 0. The lowest BCUT2D eigenvalue weighted by Crippen LogP contribution is -1.92. The van der Waals surface area contributed by atoms with E-state index >= 15 is 0 Å². The highest BCUT2D eigenvalue weighted by molar-refractivity contribution is 5.84. The molecule has 0 heterocycles. The van der Waals surface area contributed by atoms with Crippen LogP contribution in [0, 0.1) is 13.8 Å². The van der Waals surface area contributed by atoms with Crippen molar-refractivity contribution in [2.45, 2.75) is 13.8 Å². The van der Waals surface area contributed by atoms with Crippen molar-refractivity contribution in [3.8, 4) is 11.5 Å². The van der Waals surface area contributed by atoms with E-state index < -0.39 is 0 Å². The number of phenols is 2. The van der Waals surface area contributed by atoms with Crippen LogP contribution >= 0.6 is 0 Å². The Morgan fingerprint density at radius 3 is 1.59 bits per heavy atom. The molecule has 0 saturated carbocycles. The van der Waals surface area contributed by atoms with Gasteiger partial charge in [0.15, 0.2) is 0 Å². The lowest BCUT2D eigenvalue weighted by atomic mass is 10.1. The summed E-state index contributed by atoms with van der Waals surface area (Å²) >= 11 is 0. The van der Waals surface area contributed by atoms with Crippen LogP contribution in [0.15, 0.2) is 46.4 Å². The summed E-state index contributed by atoms with van der Waals surface area (Å²) in [6.45, 7) is 4.98. The fraction of sp³-hybridized carbons (Fsp3) is 0.222. The molecule has 2 N–H and O–H groups in total. The van der Waals surface area contributed by atoms with Crippen LogP contribution < -0.4 is 0 Å². The van der Waals surface area contributed by atoms with E-state index in [1.165, 1.54) is 0 Å². The van der Waals surface area contributed by atoms with Crippen molar-refractivity contribution >= 4 is 12.4 Å². The molecule has 0 aromatic heterocycles. The highest BCUT2D eigenvalue weighted by atomic mass is 16.3. The van der Waals surface area contributed by atoms with Crippen LogP contribution in [0.2, 0.25) is 0 Å². The van der Waals surface area contributed by atoms with Crippen LogP contribution in [0.5, 0.6) is 11.5 Å². The van der Waals surface area contributed by atoms with Crippen molar-refractivity contribution in [3.05, 3.63) is 58.7 Å². The second-order valence-corrected chi connectivity index (χ2v) is 5.20. The minimum atomic E-state index is 0.225. The molecule has 22 heavy (non-hydrogen) atoms. The fourth-order valence-corrected chi connectivity index (χ4v) is 2.00. The Kier molecular flexibility index (Phi) is 5.31. The van der Waals surface area contributed by atoms with Crippen LogP contribution in [-0.4, -0.2) is 35.7 Å². The first-order valence-corrected chi connectivity index (χ1v) is 7.15. The van der Waals surface area contributed by atoms with Crippen molar-refractivity contribution in [2.24, 2.45) is 9.98 Å². The number of rotatable bonds is 5. The molecule has 2 aromatic carbocycles. The van der Waals surface area contributed by atoms with Crippen LogP contribution in [0.3, 0.4) is 0 Å². The number of nitrogens with zero attached hydrogens (tertiary/aromatic N) is 2. The van der Waals surface area contributed by atoms with Gasteiger partial charge in [-0.2, -0.15) is 0 Å². The van der Waals surface area contributed by atoms with Gasteiger partial charge in [0.05, 0.1) is 13.1 Å². The number of hydrogen-bond donors (Lipinski definition) is 2. The first-order valence-electron chi connectivity index (χ1n) is 7.15. The first kappa shape index (κ1) is 15.8. The molecule has 114 valence electrons. The molecule has 0 spiro atoms. The summed E-state index contributed by atoms with van der Waals surface area (Å²) in [6.07, 6.45) is 3.31.